The van der Waals surface area contributed by atoms with E-state index in [1.165, 1.54) is 5.56 Å². The van der Waals surface area contributed by atoms with Crippen molar-refractivity contribution in [2.45, 2.75) is 25.7 Å². The Hall–Kier alpha value is -1.11. The molecule has 1 aromatic rings. The van der Waals surface area contributed by atoms with Crippen LogP contribution in [0.2, 0.25) is 0 Å². The van der Waals surface area contributed by atoms with Crippen LogP contribution in [0, 0.1) is 5.92 Å². The van der Waals surface area contributed by atoms with Crippen LogP contribution in [-0.2, 0) is 11.2 Å². The topological polar surface area (TPSA) is 17.1 Å². The van der Waals surface area contributed by atoms with E-state index in [4.69, 9.17) is 0 Å². The molecule has 0 bridgehead atoms. The van der Waals surface area contributed by atoms with Gasteiger partial charge in [-0.1, -0.05) is 30.3 Å². The summed E-state index contributed by atoms with van der Waals surface area (Å²) in [5.74, 6) is 0.770. The normalized spacial score (nSPS) is 22.2. The molecule has 0 saturated heterocycles. The molecule has 1 aromatic carbocycles. The average Bonchev–Trinajstić information content (AvgIpc) is 2.54. The zero-order valence-corrected chi connectivity index (χ0v) is 7.70. The van der Waals surface area contributed by atoms with Gasteiger partial charge >= 0.3 is 0 Å². The first-order valence-electron chi connectivity index (χ1n) is 4.93. The molecule has 1 aliphatic rings. The first kappa shape index (κ1) is 8.49. The summed E-state index contributed by atoms with van der Waals surface area (Å²) >= 11 is 0. The molecule has 1 aliphatic carbocycles. The summed E-state index contributed by atoms with van der Waals surface area (Å²) in [6.45, 7) is 0. The summed E-state index contributed by atoms with van der Waals surface area (Å²) in [7, 11) is 0. The number of carbonyl (C=O) groups excluding carboxylic acids is 1. The molecule has 68 valence electrons. The molecule has 2 rings (SSSR count). The van der Waals surface area contributed by atoms with Crippen molar-refractivity contribution in [3.63, 3.8) is 0 Å². The van der Waals surface area contributed by atoms with E-state index in [9.17, 15) is 4.79 Å². The van der Waals surface area contributed by atoms with E-state index in [0.717, 1.165) is 25.7 Å². The monoisotopic (exact) mass is 174 g/mol. The Morgan fingerprint density at radius 2 is 2.00 bits per heavy atom. The van der Waals surface area contributed by atoms with Crippen LogP contribution >= 0.6 is 0 Å². The molecule has 1 saturated carbocycles. The van der Waals surface area contributed by atoms with Crippen molar-refractivity contribution < 1.29 is 4.79 Å². The molecule has 0 radical (unpaired) electrons. The Morgan fingerprint density at radius 3 is 2.62 bits per heavy atom. The summed E-state index contributed by atoms with van der Waals surface area (Å²) in [5.41, 5.74) is 1.29. The lowest BCUT2D eigenvalue weighted by Crippen LogP contribution is -2.09. The van der Waals surface area contributed by atoms with Gasteiger partial charge in [-0.05, 0) is 24.8 Å². The van der Waals surface area contributed by atoms with Crippen molar-refractivity contribution in [2.24, 2.45) is 5.92 Å². The second-order valence-electron chi connectivity index (χ2n) is 3.75. The molecule has 0 aromatic heterocycles. The maximum absolute atomic E-state index is 11.4. The fourth-order valence-corrected chi connectivity index (χ4v) is 2.00. The zero-order chi connectivity index (χ0) is 9.10. The molecule has 1 nitrogen and oxygen atoms in total. The molecule has 0 heterocycles. The fourth-order valence-electron chi connectivity index (χ4n) is 2.00. The number of hydrogen-bond donors (Lipinski definition) is 0. The number of rotatable bonds is 2. The number of carbonyl (C=O) groups is 1. The summed E-state index contributed by atoms with van der Waals surface area (Å²) in [6, 6.07) is 10.3. The van der Waals surface area contributed by atoms with Gasteiger partial charge < -0.3 is 0 Å². The Bertz CT molecular complexity index is 289. The third-order valence-electron chi connectivity index (χ3n) is 2.76. The van der Waals surface area contributed by atoms with Crippen molar-refractivity contribution in [3.8, 4) is 0 Å². The molecule has 13 heavy (non-hydrogen) atoms. The third kappa shape index (κ3) is 1.97. The van der Waals surface area contributed by atoms with E-state index in [0.29, 0.717) is 11.7 Å². The molecule has 0 amide bonds. The molecule has 1 atom stereocenters. The van der Waals surface area contributed by atoms with E-state index in [-0.39, 0.29) is 0 Å². The first-order valence-corrected chi connectivity index (χ1v) is 4.93. The van der Waals surface area contributed by atoms with Crippen molar-refractivity contribution in [1.29, 1.82) is 0 Å². The summed E-state index contributed by atoms with van der Waals surface area (Å²) in [5, 5.41) is 0. The number of hydrogen-bond acceptors (Lipinski definition) is 1. The van der Waals surface area contributed by atoms with Crippen LogP contribution < -0.4 is 0 Å². The second-order valence-corrected chi connectivity index (χ2v) is 3.75. The average molecular weight is 174 g/mol. The predicted molar refractivity (Wildman–Crippen MR) is 52.5 cm³/mol. The molecular formula is C12H14O. The van der Waals surface area contributed by atoms with Gasteiger partial charge in [0.25, 0.3) is 0 Å². The smallest absolute Gasteiger partial charge is 0.136 e. The molecular weight excluding hydrogens is 160 g/mol. The van der Waals surface area contributed by atoms with Crippen molar-refractivity contribution in [3.05, 3.63) is 35.9 Å². The predicted octanol–water partition coefficient (Wildman–Crippen LogP) is 2.60. The van der Waals surface area contributed by atoms with Gasteiger partial charge in [-0.25, -0.2) is 0 Å². The molecule has 0 unspecified atom stereocenters. The van der Waals surface area contributed by atoms with E-state index in [2.05, 4.69) is 12.1 Å². The maximum Gasteiger partial charge on any atom is 0.136 e. The number of Topliss-reactive ketones (excluding diaryl/α,β-unsaturated/α-hetero) is 1. The van der Waals surface area contributed by atoms with Gasteiger partial charge in [0.15, 0.2) is 0 Å². The fraction of sp³-hybridized carbons (Fsp3) is 0.417. The minimum absolute atomic E-state index is 0.308. The summed E-state index contributed by atoms with van der Waals surface area (Å²) < 4.78 is 0. The largest absolute Gasteiger partial charge is 0.299 e. The first-order chi connectivity index (χ1) is 6.36. The maximum atomic E-state index is 11.4. The van der Waals surface area contributed by atoms with Crippen LogP contribution in [0.1, 0.15) is 24.8 Å². The number of ketones is 1. The van der Waals surface area contributed by atoms with E-state index >= 15 is 0 Å². The van der Waals surface area contributed by atoms with E-state index in [1.807, 2.05) is 18.2 Å². The quantitative estimate of drug-likeness (QED) is 0.673. The Morgan fingerprint density at radius 1 is 1.23 bits per heavy atom. The Balaban J connectivity index is 2.02. The van der Waals surface area contributed by atoms with Crippen molar-refractivity contribution in [1.82, 2.24) is 0 Å². The van der Waals surface area contributed by atoms with Crippen LogP contribution in [0.4, 0.5) is 0 Å². The molecule has 1 fully saturated rings. The highest BCUT2D eigenvalue weighted by atomic mass is 16.1. The van der Waals surface area contributed by atoms with Crippen LogP contribution in [0.15, 0.2) is 30.3 Å². The molecule has 0 aliphatic heterocycles. The second kappa shape index (κ2) is 3.73. The highest BCUT2D eigenvalue weighted by Gasteiger charge is 2.23. The molecule has 0 spiro atoms. The lowest BCUT2D eigenvalue weighted by molar-refractivity contribution is -0.120. The minimum atomic E-state index is 0.308. The van der Waals surface area contributed by atoms with Crippen molar-refractivity contribution in [2.75, 3.05) is 0 Å². The van der Waals surface area contributed by atoms with Crippen LogP contribution in [0.5, 0.6) is 0 Å². The minimum Gasteiger partial charge on any atom is -0.299 e. The van der Waals surface area contributed by atoms with Gasteiger partial charge in [0.2, 0.25) is 0 Å². The van der Waals surface area contributed by atoms with Gasteiger partial charge in [0, 0.05) is 12.3 Å². The van der Waals surface area contributed by atoms with Crippen LogP contribution in [0.3, 0.4) is 0 Å². The highest BCUT2D eigenvalue weighted by molar-refractivity contribution is 5.83. The van der Waals surface area contributed by atoms with Crippen LogP contribution in [0.25, 0.3) is 0 Å². The Kier molecular flexibility index (Phi) is 2.44. The van der Waals surface area contributed by atoms with Gasteiger partial charge in [-0.3, -0.25) is 4.79 Å². The SMILES string of the molecule is O=C1CCC[C@H]1Cc1ccccc1. The Labute approximate surface area is 78.8 Å². The van der Waals surface area contributed by atoms with Crippen molar-refractivity contribution >= 4 is 5.78 Å². The van der Waals surface area contributed by atoms with Gasteiger partial charge in [-0.15, -0.1) is 0 Å². The lowest BCUT2D eigenvalue weighted by atomic mass is 9.97. The lowest BCUT2D eigenvalue weighted by Gasteiger charge is -2.06. The van der Waals surface area contributed by atoms with E-state index in [1.54, 1.807) is 0 Å². The summed E-state index contributed by atoms with van der Waals surface area (Å²) in [6.07, 6.45) is 3.93. The van der Waals surface area contributed by atoms with Gasteiger partial charge in [0.1, 0.15) is 5.78 Å². The summed E-state index contributed by atoms with van der Waals surface area (Å²) in [4.78, 5) is 11.4. The standard InChI is InChI=1S/C12H14O/c13-12-8-4-7-11(12)9-10-5-2-1-3-6-10/h1-3,5-6,11H,4,7-9H2/t11-/m0/s1. The molecule has 1 heteroatoms. The van der Waals surface area contributed by atoms with Crippen LogP contribution in [-0.4, -0.2) is 5.78 Å². The van der Waals surface area contributed by atoms with Gasteiger partial charge in [0.05, 0.1) is 0 Å². The highest BCUT2D eigenvalue weighted by Crippen LogP contribution is 2.24. The molecule has 0 N–H and O–H groups in total. The number of benzene rings is 1. The zero-order valence-electron chi connectivity index (χ0n) is 7.70. The van der Waals surface area contributed by atoms with E-state index < -0.39 is 0 Å². The van der Waals surface area contributed by atoms with Gasteiger partial charge in [-0.2, -0.15) is 0 Å². The third-order valence-corrected chi connectivity index (χ3v) is 2.76.